The molecule has 1 heterocycles. The van der Waals surface area contributed by atoms with Crippen molar-refractivity contribution in [3.63, 3.8) is 0 Å². The molecular formula is C21H38O8. The van der Waals surface area contributed by atoms with Crippen LogP contribution in [0.25, 0.3) is 0 Å². The first-order chi connectivity index (χ1) is 13.4. The minimum Gasteiger partial charge on any atom is -0.394 e. The van der Waals surface area contributed by atoms with Crippen molar-refractivity contribution in [2.24, 2.45) is 23.2 Å². The Morgan fingerprint density at radius 2 is 1.66 bits per heavy atom. The van der Waals surface area contributed by atoms with Gasteiger partial charge in [-0.15, -0.1) is 0 Å². The van der Waals surface area contributed by atoms with Crippen LogP contribution in [0.5, 0.6) is 0 Å². The first kappa shape index (κ1) is 23.3. The largest absolute Gasteiger partial charge is 0.394 e. The van der Waals surface area contributed by atoms with Crippen LogP contribution in [0.3, 0.4) is 0 Å². The highest BCUT2D eigenvalue weighted by molar-refractivity contribution is 5.09. The molecule has 1 aliphatic heterocycles. The summed E-state index contributed by atoms with van der Waals surface area (Å²) in [4.78, 5) is 0. The van der Waals surface area contributed by atoms with Gasteiger partial charge in [-0.1, -0.05) is 20.8 Å². The Balaban J connectivity index is 1.94. The molecule has 8 heteroatoms. The summed E-state index contributed by atoms with van der Waals surface area (Å²) in [6.07, 6.45) is -5.37. The molecule has 0 bridgehead atoms. The standard InChI is InChI=1S/C21H38O8/c1-10(2)11-5-7-20(3)13(23)6-8-21(4,27)18(20)17(11)29-19-16(26)15(25)14(24)12(9-22)28-19/h10-19,22-27H,5-9H2,1-4H3/t11-,12-,13+,14-,15+,16-,17-,18-,19+,20+,21+/m0/s1. The molecule has 0 aromatic carbocycles. The lowest BCUT2D eigenvalue weighted by Gasteiger charge is -2.60. The molecule has 0 aromatic heterocycles. The van der Waals surface area contributed by atoms with Gasteiger partial charge >= 0.3 is 0 Å². The zero-order chi connectivity index (χ0) is 21.7. The van der Waals surface area contributed by atoms with Crippen molar-refractivity contribution in [2.75, 3.05) is 6.61 Å². The van der Waals surface area contributed by atoms with Crippen LogP contribution in [0.1, 0.15) is 53.4 Å². The third kappa shape index (κ3) is 3.99. The average Bonchev–Trinajstić information content (AvgIpc) is 2.65. The Hall–Kier alpha value is -0.320. The van der Waals surface area contributed by atoms with Crippen molar-refractivity contribution >= 4 is 0 Å². The lowest BCUT2D eigenvalue weighted by atomic mass is 9.50. The normalized spacial score (nSPS) is 53.7. The van der Waals surface area contributed by atoms with E-state index in [1.165, 1.54) is 0 Å². The first-order valence-corrected chi connectivity index (χ1v) is 10.8. The number of hydrogen-bond acceptors (Lipinski definition) is 8. The lowest BCUT2D eigenvalue weighted by Crippen LogP contribution is -2.66. The smallest absolute Gasteiger partial charge is 0.186 e. The van der Waals surface area contributed by atoms with Crippen LogP contribution in [0.15, 0.2) is 0 Å². The van der Waals surface area contributed by atoms with Gasteiger partial charge in [0.25, 0.3) is 0 Å². The van der Waals surface area contributed by atoms with Gasteiger partial charge in [-0.05, 0) is 44.4 Å². The molecule has 3 fully saturated rings. The summed E-state index contributed by atoms with van der Waals surface area (Å²) in [6.45, 7) is 7.38. The fraction of sp³-hybridized carbons (Fsp3) is 1.00. The van der Waals surface area contributed by atoms with E-state index in [2.05, 4.69) is 13.8 Å². The molecule has 2 aliphatic carbocycles. The van der Waals surface area contributed by atoms with Gasteiger partial charge < -0.3 is 40.1 Å². The van der Waals surface area contributed by atoms with Crippen molar-refractivity contribution in [3.8, 4) is 0 Å². The maximum absolute atomic E-state index is 11.3. The summed E-state index contributed by atoms with van der Waals surface area (Å²) >= 11 is 0. The van der Waals surface area contributed by atoms with Gasteiger partial charge in [0.2, 0.25) is 0 Å². The highest BCUT2D eigenvalue weighted by Crippen LogP contribution is 2.57. The average molecular weight is 419 g/mol. The topological polar surface area (TPSA) is 140 Å². The summed E-state index contributed by atoms with van der Waals surface area (Å²) in [5.41, 5.74) is -1.62. The van der Waals surface area contributed by atoms with E-state index in [1.807, 2.05) is 6.92 Å². The van der Waals surface area contributed by atoms with E-state index < -0.39 is 66.5 Å². The predicted octanol–water partition coefficient (Wildman–Crippen LogP) is -0.234. The van der Waals surface area contributed by atoms with Crippen LogP contribution in [0.4, 0.5) is 0 Å². The Morgan fingerprint density at radius 1 is 1.00 bits per heavy atom. The van der Waals surface area contributed by atoms with Crippen LogP contribution in [0.2, 0.25) is 0 Å². The molecule has 3 rings (SSSR count). The second kappa shape index (κ2) is 8.31. The van der Waals surface area contributed by atoms with Crippen molar-refractivity contribution in [3.05, 3.63) is 0 Å². The molecule has 0 amide bonds. The lowest BCUT2D eigenvalue weighted by molar-refractivity contribution is -0.338. The molecular weight excluding hydrogens is 380 g/mol. The van der Waals surface area contributed by atoms with Crippen LogP contribution >= 0.6 is 0 Å². The summed E-state index contributed by atoms with van der Waals surface area (Å²) < 4.78 is 11.9. The highest BCUT2D eigenvalue weighted by atomic mass is 16.7. The first-order valence-electron chi connectivity index (χ1n) is 10.8. The van der Waals surface area contributed by atoms with Crippen molar-refractivity contribution in [1.82, 2.24) is 0 Å². The van der Waals surface area contributed by atoms with Crippen LogP contribution in [-0.4, -0.2) is 85.8 Å². The molecule has 11 atom stereocenters. The van der Waals surface area contributed by atoms with E-state index in [0.29, 0.717) is 12.8 Å². The number of fused-ring (bicyclic) bond motifs is 1. The van der Waals surface area contributed by atoms with E-state index >= 15 is 0 Å². The molecule has 0 unspecified atom stereocenters. The highest BCUT2D eigenvalue weighted by Gasteiger charge is 2.61. The van der Waals surface area contributed by atoms with Gasteiger partial charge in [0.1, 0.15) is 24.4 Å². The molecule has 2 saturated carbocycles. The zero-order valence-electron chi connectivity index (χ0n) is 17.8. The zero-order valence-corrected chi connectivity index (χ0v) is 17.8. The molecule has 1 saturated heterocycles. The van der Waals surface area contributed by atoms with Gasteiger partial charge in [-0.3, -0.25) is 0 Å². The molecule has 8 nitrogen and oxygen atoms in total. The maximum Gasteiger partial charge on any atom is 0.186 e. The fourth-order valence-corrected chi connectivity index (χ4v) is 6.00. The van der Waals surface area contributed by atoms with Gasteiger partial charge in [0.15, 0.2) is 6.29 Å². The van der Waals surface area contributed by atoms with E-state index in [1.54, 1.807) is 6.92 Å². The molecule has 29 heavy (non-hydrogen) atoms. The Kier molecular flexibility index (Phi) is 6.69. The van der Waals surface area contributed by atoms with Gasteiger partial charge in [0.05, 0.1) is 24.4 Å². The van der Waals surface area contributed by atoms with Crippen LogP contribution < -0.4 is 0 Å². The van der Waals surface area contributed by atoms with Crippen molar-refractivity contribution in [2.45, 2.75) is 102 Å². The summed E-state index contributed by atoms with van der Waals surface area (Å²) in [6, 6.07) is 0. The molecule has 0 aromatic rings. The van der Waals surface area contributed by atoms with E-state index in [-0.39, 0.29) is 11.8 Å². The number of aliphatic hydroxyl groups excluding tert-OH is 5. The minimum atomic E-state index is -1.52. The molecule has 6 N–H and O–H groups in total. The number of hydrogen-bond donors (Lipinski definition) is 6. The molecule has 0 spiro atoms. The third-order valence-corrected chi connectivity index (χ3v) is 7.83. The van der Waals surface area contributed by atoms with E-state index in [4.69, 9.17) is 9.47 Å². The number of aliphatic hydroxyl groups is 6. The quantitative estimate of drug-likeness (QED) is 0.368. The van der Waals surface area contributed by atoms with Crippen LogP contribution in [-0.2, 0) is 9.47 Å². The summed E-state index contributed by atoms with van der Waals surface area (Å²) in [5.74, 6) is -0.117. The SMILES string of the molecule is CC(C)[C@@H]1CC[C@]2(C)[C@H](O)CC[C@@](C)(O)[C@H]2[C@H]1O[C@H]1O[C@@H](CO)[C@H](O)[C@@H](O)[C@@H]1O. The third-order valence-electron chi connectivity index (χ3n) is 7.83. The number of rotatable bonds is 4. The van der Waals surface area contributed by atoms with Crippen molar-refractivity contribution in [1.29, 1.82) is 0 Å². The van der Waals surface area contributed by atoms with E-state index in [9.17, 15) is 30.6 Å². The number of ether oxygens (including phenoxy) is 2. The Bertz CT molecular complexity index is 567. The summed E-state index contributed by atoms with van der Waals surface area (Å²) in [5, 5.41) is 62.2. The maximum atomic E-state index is 11.3. The second-order valence-electron chi connectivity index (χ2n) is 10.1. The Morgan fingerprint density at radius 3 is 2.24 bits per heavy atom. The monoisotopic (exact) mass is 418 g/mol. The van der Waals surface area contributed by atoms with Crippen molar-refractivity contribution < 1.29 is 40.1 Å². The van der Waals surface area contributed by atoms with Gasteiger partial charge in [0, 0.05) is 11.3 Å². The predicted molar refractivity (Wildman–Crippen MR) is 104 cm³/mol. The minimum absolute atomic E-state index is 0.0530. The Labute approximate surface area is 172 Å². The molecule has 3 aliphatic rings. The second-order valence-corrected chi connectivity index (χ2v) is 10.1. The van der Waals surface area contributed by atoms with E-state index in [0.717, 1.165) is 12.8 Å². The summed E-state index contributed by atoms with van der Waals surface area (Å²) in [7, 11) is 0. The molecule has 0 radical (unpaired) electrons. The fourth-order valence-electron chi connectivity index (χ4n) is 6.00. The molecule has 170 valence electrons. The van der Waals surface area contributed by atoms with Gasteiger partial charge in [-0.25, -0.2) is 0 Å². The van der Waals surface area contributed by atoms with Crippen LogP contribution in [0, 0.1) is 23.2 Å². The van der Waals surface area contributed by atoms with Gasteiger partial charge in [-0.2, -0.15) is 0 Å².